The van der Waals surface area contributed by atoms with Gasteiger partial charge < -0.3 is 25.0 Å². The zero-order valence-electron chi connectivity index (χ0n) is 22.3. The maximum Gasteiger partial charge on any atom is 0.257 e. The molecule has 0 bridgehead atoms. The van der Waals surface area contributed by atoms with Crippen molar-refractivity contribution in [2.75, 3.05) is 31.6 Å². The number of anilines is 1. The minimum atomic E-state index is -0.895. The number of β-amino-alcohol motifs (C(OH)–C–C–N with tert-alkyl or cyclic N) is 1. The Morgan fingerprint density at radius 3 is 2.66 bits per heavy atom. The predicted octanol–water partition coefficient (Wildman–Crippen LogP) is 1.36. The first kappa shape index (κ1) is 28.0. The highest BCUT2D eigenvalue weighted by Crippen LogP contribution is 2.32. The van der Waals surface area contributed by atoms with Crippen LogP contribution in [0.1, 0.15) is 33.3 Å². The summed E-state index contributed by atoms with van der Waals surface area (Å²) in [5, 5.41) is 23.2. The molecule has 1 aliphatic heterocycles. The highest BCUT2D eigenvalue weighted by molar-refractivity contribution is 6.07. The van der Waals surface area contributed by atoms with E-state index in [1.165, 1.54) is 54.0 Å². The van der Waals surface area contributed by atoms with Crippen LogP contribution in [0.15, 0.2) is 66.0 Å². The fourth-order valence-corrected chi connectivity index (χ4v) is 5.00. The van der Waals surface area contributed by atoms with E-state index in [4.69, 9.17) is 0 Å². The Kier molecular flexibility index (Phi) is 8.15. The number of aromatic nitrogens is 3. The van der Waals surface area contributed by atoms with E-state index in [0.29, 0.717) is 34.6 Å². The van der Waals surface area contributed by atoms with Crippen molar-refractivity contribution in [3.63, 3.8) is 0 Å². The lowest BCUT2D eigenvalue weighted by atomic mass is 10.0. The molecule has 2 amide bonds. The van der Waals surface area contributed by atoms with E-state index in [-0.39, 0.29) is 49.6 Å². The highest BCUT2D eigenvalue weighted by Gasteiger charge is 2.29. The summed E-state index contributed by atoms with van der Waals surface area (Å²) in [7, 11) is 1.80. The van der Waals surface area contributed by atoms with Gasteiger partial charge in [-0.1, -0.05) is 12.1 Å². The second kappa shape index (κ2) is 11.9. The van der Waals surface area contributed by atoms with E-state index < -0.39 is 23.3 Å². The Morgan fingerprint density at radius 1 is 1.17 bits per heavy atom. The van der Waals surface area contributed by atoms with Crippen molar-refractivity contribution in [2.45, 2.75) is 25.7 Å². The summed E-state index contributed by atoms with van der Waals surface area (Å²) in [4.78, 5) is 51.2. The number of aliphatic hydroxyl groups excluding tert-OH is 2. The van der Waals surface area contributed by atoms with Crippen molar-refractivity contribution in [3.8, 4) is 0 Å². The second-order valence-electron chi connectivity index (χ2n) is 9.93. The second-order valence-corrected chi connectivity index (χ2v) is 9.93. The van der Waals surface area contributed by atoms with E-state index in [9.17, 15) is 29.0 Å². The number of carbonyl (C=O) groups is 2. The highest BCUT2D eigenvalue weighted by atomic mass is 19.1. The van der Waals surface area contributed by atoms with Crippen molar-refractivity contribution >= 4 is 28.4 Å². The summed E-state index contributed by atoms with van der Waals surface area (Å²) in [5.74, 6) is -1.31. The topological polar surface area (TPSA) is 141 Å². The van der Waals surface area contributed by atoms with Gasteiger partial charge in [0.1, 0.15) is 24.0 Å². The molecule has 212 valence electrons. The van der Waals surface area contributed by atoms with Crippen molar-refractivity contribution in [3.05, 3.63) is 99.6 Å². The Balaban J connectivity index is 1.49. The van der Waals surface area contributed by atoms with E-state index in [0.717, 1.165) is 0 Å². The zero-order valence-corrected chi connectivity index (χ0v) is 22.3. The van der Waals surface area contributed by atoms with E-state index >= 15 is 0 Å². The number of halogens is 1. The Labute approximate surface area is 234 Å². The van der Waals surface area contributed by atoms with E-state index in [1.54, 1.807) is 23.7 Å². The van der Waals surface area contributed by atoms with Crippen LogP contribution in [-0.4, -0.2) is 68.2 Å². The number of pyridine rings is 1. The number of likely N-dealkylation sites (N-methyl/N-ethyl adjacent to an activating group) is 1. The maximum absolute atomic E-state index is 13.7. The summed E-state index contributed by atoms with van der Waals surface area (Å²) in [6.45, 7) is 0.293. The molecule has 12 heteroatoms. The molecular formula is C29H29FN6O5. The van der Waals surface area contributed by atoms with Gasteiger partial charge in [-0.25, -0.2) is 4.39 Å². The van der Waals surface area contributed by atoms with E-state index in [1.807, 2.05) is 4.90 Å². The minimum absolute atomic E-state index is 0.0483. The molecule has 2 aromatic heterocycles. The van der Waals surface area contributed by atoms with Gasteiger partial charge in [-0.3, -0.25) is 29.3 Å². The number of carbonyl (C=O) groups excluding carboxylic acids is 2. The van der Waals surface area contributed by atoms with Crippen LogP contribution in [0.2, 0.25) is 0 Å². The van der Waals surface area contributed by atoms with Crippen LogP contribution in [0.25, 0.3) is 10.9 Å². The number of benzene rings is 2. The van der Waals surface area contributed by atoms with E-state index in [2.05, 4.69) is 15.3 Å². The van der Waals surface area contributed by atoms with Gasteiger partial charge in [0.15, 0.2) is 0 Å². The Hall–Kier alpha value is -4.52. The lowest BCUT2D eigenvalue weighted by Crippen LogP contribution is -2.41. The average Bonchev–Trinajstić information content (AvgIpc) is 2.96. The number of nitrogens with zero attached hydrogens (tertiary/aromatic N) is 5. The van der Waals surface area contributed by atoms with Gasteiger partial charge in [0.25, 0.3) is 5.91 Å². The van der Waals surface area contributed by atoms with Crippen LogP contribution in [0.3, 0.4) is 0 Å². The molecule has 0 spiro atoms. The molecule has 0 saturated carbocycles. The van der Waals surface area contributed by atoms with Gasteiger partial charge >= 0.3 is 0 Å². The molecule has 3 heterocycles. The molecule has 5 rings (SSSR count). The first-order valence-corrected chi connectivity index (χ1v) is 13.0. The van der Waals surface area contributed by atoms with Gasteiger partial charge in [-0.15, -0.1) is 0 Å². The lowest BCUT2D eigenvalue weighted by molar-refractivity contribution is -0.119. The number of hydrogen-bond donors (Lipinski definition) is 3. The minimum Gasteiger partial charge on any atom is -0.395 e. The average molecular weight is 561 g/mol. The standard InChI is InChI=1S/C29H29FN6O5/c1-34(16-25(38)23-13-31-6-7-32-23)14-19-10-21-27-24(11-19)36(8-9-37)26(39)17-35(27)15-22(28(21)40)29(41)33-12-18-2-4-20(30)5-3-18/h2-7,10-11,13,15,25,37-38H,8-9,12,14,16-17H2,1H3,(H,33,41)/t25-/m1/s1. The van der Waals surface area contributed by atoms with Crippen molar-refractivity contribution < 1.29 is 24.2 Å². The van der Waals surface area contributed by atoms with Crippen LogP contribution in [-0.2, 0) is 24.4 Å². The van der Waals surface area contributed by atoms with Crippen LogP contribution in [0.4, 0.5) is 10.1 Å². The van der Waals surface area contributed by atoms with Crippen LogP contribution in [0.5, 0.6) is 0 Å². The summed E-state index contributed by atoms with van der Waals surface area (Å²) < 4.78 is 14.8. The molecule has 0 saturated heterocycles. The van der Waals surface area contributed by atoms with Gasteiger partial charge in [0.2, 0.25) is 11.3 Å². The maximum atomic E-state index is 13.7. The number of aliphatic hydroxyl groups is 2. The van der Waals surface area contributed by atoms with Crippen LogP contribution >= 0.6 is 0 Å². The predicted molar refractivity (Wildman–Crippen MR) is 149 cm³/mol. The zero-order chi connectivity index (χ0) is 29.1. The largest absolute Gasteiger partial charge is 0.395 e. The molecule has 1 atom stereocenters. The molecule has 0 aliphatic carbocycles. The van der Waals surface area contributed by atoms with Crippen molar-refractivity contribution in [1.82, 2.24) is 24.8 Å². The molecule has 11 nitrogen and oxygen atoms in total. The van der Waals surface area contributed by atoms with Crippen molar-refractivity contribution in [1.29, 1.82) is 0 Å². The molecule has 1 aliphatic rings. The summed E-state index contributed by atoms with van der Waals surface area (Å²) in [5.41, 5.74) is 2.07. The summed E-state index contributed by atoms with van der Waals surface area (Å²) >= 11 is 0. The third-order valence-electron chi connectivity index (χ3n) is 6.90. The molecule has 3 N–H and O–H groups in total. The first-order valence-electron chi connectivity index (χ1n) is 13.0. The summed E-state index contributed by atoms with van der Waals surface area (Å²) in [6.07, 6.45) is 4.99. The molecule has 2 aromatic carbocycles. The van der Waals surface area contributed by atoms with Crippen LogP contribution < -0.4 is 15.6 Å². The third-order valence-corrected chi connectivity index (χ3v) is 6.90. The molecule has 0 radical (unpaired) electrons. The fourth-order valence-electron chi connectivity index (χ4n) is 5.00. The Bertz CT molecular complexity index is 1640. The molecule has 4 aromatic rings. The van der Waals surface area contributed by atoms with Crippen molar-refractivity contribution in [2.24, 2.45) is 0 Å². The fraction of sp³-hybridized carbons (Fsp3) is 0.276. The summed E-state index contributed by atoms with van der Waals surface area (Å²) in [6, 6.07) is 9.12. The number of amides is 2. The smallest absolute Gasteiger partial charge is 0.257 e. The number of hydrogen-bond acceptors (Lipinski definition) is 8. The molecular weight excluding hydrogens is 531 g/mol. The SMILES string of the molecule is CN(Cc1cc2c3c(c1)c(=O)c(C(=O)NCc1ccc(F)cc1)cn3CC(=O)N2CCO)C[C@@H](O)c1cnccn1. The quantitative estimate of drug-likeness (QED) is 0.264. The lowest BCUT2D eigenvalue weighted by Gasteiger charge is -2.31. The number of nitrogens with one attached hydrogen (secondary N) is 1. The monoisotopic (exact) mass is 560 g/mol. The van der Waals surface area contributed by atoms with Gasteiger partial charge in [0, 0.05) is 50.2 Å². The normalized spacial score (nSPS) is 13.6. The third kappa shape index (κ3) is 5.99. The molecule has 0 unspecified atom stereocenters. The molecule has 41 heavy (non-hydrogen) atoms. The van der Waals surface area contributed by atoms with Gasteiger partial charge in [-0.05, 0) is 42.4 Å². The molecule has 0 fully saturated rings. The van der Waals surface area contributed by atoms with Gasteiger partial charge in [-0.2, -0.15) is 0 Å². The Morgan fingerprint density at radius 2 is 1.95 bits per heavy atom. The number of rotatable bonds is 10. The van der Waals surface area contributed by atoms with Crippen LogP contribution in [0, 0.1) is 5.82 Å². The van der Waals surface area contributed by atoms with Gasteiger partial charge in [0.05, 0.1) is 29.7 Å². The first-order chi connectivity index (χ1) is 19.7.